The van der Waals surface area contributed by atoms with Gasteiger partial charge in [0.15, 0.2) is 6.10 Å². The monoisotopic (exact) mass is 438 g/mol. The van der Waals surface area contributed by atoms with Crippen LogP contribution in [0.1, 0.15) is 26.3 Å². The van der Waals surface area contributed by atoms with Crippen molar-refractivity contribution >= 4 is 39.2 Å². The van der Waals surface area contributed by atoms with Crippen molar-refractivity contribution < 1.29 is 22.7 Å². The second-order valence-corrected chi connectivity index (χ2v) is 8.57. The van der Waals surface area contributed by atoms with Gasteiger partial charge in [0.2, 0.25) is 10.0 Å². The van der Waals surface area contributed by atoms with Gasteiger partial charge in [-0.2, -0.15) is 4.72 Å². The number of ether oxygens (including phenoxy) is 1. The zero-order valence-corrected chi connectivity index (χ0v) is 17.9. The topological polar surface area (TPSA) is 102 Å². The summed E-state index contributed by atoms with van der Waals surface area (Å²) >= 11 is 5.75. The van der Waals surface area contributed by atoms with Crippen LogP contribution in [0.4, 0.5) is 5.69 Å². The van der Waals surface area contributed by atoms with Crippen LogP contribution in [0.3, 0.4) is 0 Å². The average Bonchev–Trinajstić information content (AvgIpc) is 2.68. The van der Waals surface area contributed by atoms with E-state index in [0.717, 1.165) is 12.0 Å². The van der Waals surface area contributed by atoms with Gasteiger partial charge in [0.1, 0.15) is 6.04 Å². The van der Waals surface area contributed by atoms with Crippen LogP contribution in [-0.4, -0.2) is 32.4 Å². The summed E-state index contributed by atoms with van der Waals surface area (Å²) in [5.41, 5.74) is 1.70. The molecule has 0 saturated carbocycles. The van der Waals surface area contributed by atoms with Gasteiger partial charge in [0, 0.05) is 10.7 Å². The van der Waals surface area contributed by atoms with Crippen molar-refractivity contribution in [1.82, 2.24) is 4.72 Å². The Morgan fingerprint density at radius 1 is 1.03 bits per heavy atom. The quantitative estimate of drug-likeness (QED) is 0.616. The summed E-state index contributed by atoms with van der Waals surface area (Å²) < 4.78 is 32.0. The molecule has 9 heteroatoms. The van der Waals surface area contributed by atoms with Crippen molar-refractivity contribution in [1.29, 1.82) is 0 Å². The Bertz CT molecular complexity index is 959. The molecule has 2 N–H and O–H groups in total. The Kier molecular flexibility index (Phi) is 7.78. The first-order valence-electron chi connectivity index (χ1n) is 9.00. The van der Waals surface area contributed by atoms with Gasteiger partial charge < -0.3 is 10.1 Å². The van der Waals surface area contributed by atoms with E-state index in [1.165, 1.54) is 38.1 Å². The fourth-order valence-electron chi connectivity index (χ4n) is 2.36. The lowest BCUT2D eigenvalue weighted by Crippen LogP contribution is -2.42. The van der Waals surface area contributed by atoms with E-state index in [9.17, 15) is 18.0 Å². The number of aryl methyl sites for hydroxylation is 1. The molecule has 0 aromatic heterocycles. The highest BCUT2D eigenvalue weighted by Gasteiger charge is 2.26. The average molecular weight is 439 g/mol. The van der Waals surface area contributed by atoms with Crippen molar-refractivity contribution in [3.8, 4) is 0 Å². The molecule has 0 spiro atoms. The fraction of sp³-hybridized carbons (Fsp3) is 0.300. The van der Waals surface area contributed by atoms with Crippen molar-refractivity contribution in [2.45, 2.75) is 44.2 Å². The third kappa shape index (κ3) is 6.56. The molecule has 2 unspecified atom stereocenters. The van der Waals surface area contributed by atoms with Gasteiger partial charge in [-0.25, -0.2) is 8.42 Å². The molecule has 29 heavy (non-hydrogen) atoms. The maximum absolute atomic E-state index is 12.3. The minimum absolute atomic E-state index is 0.0390. The normalized spacial score (nSPS) is 13.4. The van der Waals surface area contributed by atoms with E-state index in [-0.39, 0.29) is 4.90 Å². The highest BCUT2D eigenvalue weighted by atomic mass is 35.5. The molecule has 0 bridgehead atoms. The van der Waals surface area contributed by atoms with E-state index in [4.69, 9.17) is 16.3 Å². The summed E-state index contributed by atoms with van der Waals surface area (Å²) in [4.78, 5) is 24.4. The third-order valence-corrected chi connectivity index (χ3v) is 5.91. The number of benzene rings is 2. The maximum Gasteiger partial charge on any atom is 0.324 e. The van der Waals surface area contributed by atoms with Gasteiger partial charge in [-0.1, -0.05) is 30.7 Å². The van der Waals surface area contributed by atoms with E-state index < -0.39 is 34.0 Å². The minimum Gasteiger partial charge on any atom is -0.451 e. The second kappa shape index (κ2) is 9.87. The molecular formula is C20H23ClN2O5S. The molecule has 0 aliphatic carbocycles. The van der Waals surface area contributed by atoms with Gasteiger partial charge in [0.05, 0.1) is 4.90 Å². The number of carbonyl (C=O) groups is 2. The molecule has 2 rings (SSSR count). The zero-order valence-electron chi connectivity index (χ0n) is 16.3. The third-order valence-electron chi connectivity index (χ3n) is 4.10. The Morgan fingerprint density at radius 3 is 2.17 bits per heavy atom. The number of sulfonamides is 1. The first-order chi connectivity index (χ1) is 13.6. The number of halogens is 1. The predicted octanol–water partition coefficient (Wildman–Crippen LogP) is 3.14. The lowest BCUT2D eigenvalue weighted by Gasteiger charge is -2.18. The molecule has 2 aromatic rings. The molecule has 7 nitrogen and oxygen atoms in total. The van der Waals surface area contributed by atoms with E-state index in [2.05, 4.69) is 10.0 Å². The summed E-state index contributed by atoms with van der Waals surface area (Å²) in [6, 6.07) is 11.6. The molecule has 0 fully saturated rings. The number of nitrogens with one attached hydrogen (secondary N) is 2. The predicted molar refractivity (Wildman–Crippen MR) is 111 cm³/mol. The van der Waals surface area contributed by atoms with Gasteiger partial charge in [-0.15, -0.1) is 0 Å². The van der Waals surface area contributed by atoms with Crippen LogP contribution in [0.15, 0.2) is 53.4 Å². The number of carbonyl (C=O) groups excluding carboxylic acids is 2. The van der Waals surface area contributed by atoms with Crippen LogP contribution in [0.25, 0.3) is 0 Å². The van der Waals surface area contributed by atoms with Crippen molar-refractivity contribution in [2.24, 2.45) is 0 Å². The smallest absolute Gasteiger partial charge is 0.324 e. The van der Waals surface area contributed by atoms with Crippen molar-refractivity contribution in [3.05, 3.63) is 59.1 Å². The number of hydrogen-bond acceptors (Lipinski definition) is 5. The molecule has 2 atom stereocenters. The van der Waals surface area contributed by atoms with Gasteiger partial charge in [-0.05, 0) is 62.2 Å². The maximum atomic E-state index is 12.3. The van der Waals surface area contributed by atoms with Crippen LogP contribution in [-0.2, 0) is 30.8 Å². The number of esters is 1. The van der Waals surface area contributed by atoms with Gasteiger partial charge in [0.25, 0.3) is 5.91 Å². The number of hydrogen-bond donors (Lipinski definition) is 2. The first-order valence-corrected chi connectivity index (χ1v) is 10.9. The van der Waals surface area contributed by atoms with Crippen molar-refractivity contribution in [3.63, 3.8) is 0 Å². The highest BCUT2D eigenvalue weighted by molar-refractivity contribution is 7.89. The van der Waals surface area contributed by atoms with Crippen LogP contribution in [0.2, 0.25) is 5.02 Å². The van der Waals surface area contributed by atoms with E-state index in [1.807, 2.05) is 19.1 Å². The molecule has 2 aromatic carbocycles. The lowest BCUT2D eigenvalue weighted by molar-refractivity contribution is -0.154. The fourth-order valence-corrected chi connectivity index (χ4v) is 3.68. The Hall–Kier alpha value is -2.42. The molecule has 0 radical (unpaired) electrons. The van der Waals surface area contributed by atoms with Crippen LogP contribution in [0.5, 0.6) is 0 Å². The molecule has 0 saturated heterocycles. The standard InChI is InChI=1S/C20H23ClN2O5S/c1-4-15-5-9-17(10-6-15)22-19(24)14(3)28-20(25)13(2)23-29(26,27)18-11-7-16(21)8-12-18/h5-14,23H,4H2,1-3H3,(H,22,24). The summed E-state index contributed by atoms with van der Waals surface area (Å²) in [5, 5.41) is 3.04. The second-order valence-electron chi connectivity index (χ2n) is 6.42. The summed E-state index contributed by atoms with van der Waals surface area (Å²) in [7, 11) is -3.94. The molecule has 1 amide bonds. The molecule has 0 aliphatic rings. The number of anilines is 1. The van der Waals surface area contributed by atoms with Crippen LogP contribution < -0.4 is 10.0 Å². The highest BCUT2D eigenvalue weighted by Crippen LogP contribution is 2.15. The molecule has 156 valence electrons. The molecule has 0 aliphatic heterocycles. The summed E-state index contributed by atoms with van der Waals surface area (Å²) in [5.74, 6) is -1.39. The van der Waals surface area contributed by atoms with E-state index in [1.54, 1.807) is 12.1 Å². The Morgan fingerprint density at radius 2 is 1.62 bits per heavy atom. The number of amides is 1. The first kappa shape index (κ1) is 22.9. The van der Waals surface area contributed by atoms with Gasteiger partial charge in [-0.3, -0.25) is 9.59 Å². The van der Waals surface area contributed by atoms with E-state index in [0.29, 0.717) is 10.7 Å². The molecule has 0 heterocycles. The van der Waals surface area contributed by atoms with E-state index >= 15 is 0 Å². The van der Waals surface area contributed by atoms with Crippen LogP contribution in [0, 0.1) is 0 Å². The Labute approximate surface area is 175 Å². The Balaban J connectivity index is 1.93. The summed E-state index contributed by atoms with van der Waals surface area (Å²) in [6.07, 6.45) is -0.220. The van der Waals surface area contributed by atoms with Crippen LogP contribution >= 0.6 is 11.6 Å². The minimum atomic E-state index is -3.94. The summed E-state index contributed by atoms with van der Waals surface area (Å²) in [6.45, 7) is 4.77. The van der Waals surface area contributed by atoms with Gasteiger partial charge >= 0.3 is 5.97 Å². The lowest BCUT2D eigenvalue weighted by atomic mass is 10.1. The molecular weight excluding hydrogens is 416 g/mol. The largest absolute Gasteiger partial charge is 0.451 e. The number of rotatable bonds is 8. The van der Waals surface area contributed by atoms with Crippen molar-refractivity contribution in [2.75, 3.05) is 5.32 Å². The zero-order chi connectivity index (χ0) is 21.6. The SMILES string of the molecule is CCc1ccc(NC(=O)C(C)OC(=O)C(C)NS(=O)(=O)c2ccc(Cl)cc2)cc1.